The van der Waals surface area contributed by atoms with E-state index in [4.69, 9.17) is 0 Å². The molecule has 170 valence electrons. The van der Waals surface area contributed by atoms with Crippen LogP contribution < -0.4 is 10.0 Å². The third kappa shape index (κ3) is 5.48. The summed E-state index contributed by atoms with van der Waals surface area (Å²) in [6, 6.07) is 11.8. The maximum absolute atomic E-state index is 13.3. The van der Waals surface area contributed by atoms with Crippen LogP contribution in [0.15, 0.2) is 51.1 Å². The molecule has 1 fully saturated rings. The van der Waals surface area contributed by atoms with E-state index in [1.807, 2.05) is 19.1 Å². The highest BCUT2D eigenvalue weighted by Gasteiger charge is 2.21. The predicted molar refractivity (Wildman–Crippen MR) is 130 cm³/mol. The molecule has 0 radical (unpaired) electrons. The van der Waals surface area contributed by atoms with E-state index in [9.17, 15) is 12.8 Å². The zero-order chi connectivity index (χ0) is 22.7. The van der Waals surface area contributed by atoms with Crippen molar-refractivity contribution in [3.8, 4) is 0 Å². The Morgan fingerprint density at radius 1 is 1.19 bits per heavy atom. The number of anilines is 2. The first-order valence-corrected chi connectivity index (χ1v) is 13.4. The monoisotopic (exact) mass is 538 g/mol. The lowest BCUT2D eigenvalue weighted by molar-refractivity contribution is 0.330. The molecular formula is C22H24BrFN4O2S2. The van der Waals surface area contributed by atoms with Gasteiger partial charge in [0.05, 0.1) is 5.00 Å². The average molecular weight is 539 g/mol. The van der Waals surface area contributed by atoms with Gasteiger partial charge in [-0.3, -0.25) is 9.62 Å². The third-order valence-corrected chi connectivity index (χ3v) is 9.11. The molecule has 0 amide bonds. The summed E-state index contributed by atoms with van der Waals surface area (Å²) in [7, 11) is -3.86. The average Bonchev–Trinajstić information content (AvgIpc) is 3.37. The summed E-state index contributed by atoms with van der Waals surface area (Å²) in [5.41, 5.74) is 3.25. The lowest BCUT2D eigenvalue weighted by Gasteiger charge is -2.19. The van der Waals surface area contributed by atoms with Crippen molar-refractivity contribution in [2.75, 3.05) is 23.1 Å². The summed E-state index contributed by atoms with van der Waals surface area (Å²) >= 11 is 4.81. The third-order valence-electron chi connectivity index (χ3n) is 5.35. The number of hydrogen-bond donors (Lipinski definition) is 2. The quantitative estimate of drug-likeness (QED) is 0.377. The van der Waals surface area contributed by atoms with E-state index in [2.05, 4.69) is 41.9 Å². The summed E-state index contributed by atoms with van der Waals surface area (Å²) in [6.07, 6.45) is 2.48. The summed E-state index contributed by atoms with van der Waals surface area (Å²) in [6.45, 7) is 5.59. The smallest absolute Gasteiger partial charge is 0.272 e. The number of rotatable bonds is 8. The van der Waals surface area contributed by atoms with Gasteiger partial charge >= 0.3 is 0 Å². The SMILES string of the molecule is Cc1cc(S(=O)(=O)Nc2cccc(F)n2)sc1NCc1c(Br)cccc1CN1CCCC1. The van der Waals surface area contributed by atoms with Crippen LogP contribution in [0.25, 0.3) is 0 Å². The number of sulfonamides is 1. The van der Waals surface area contributed by atoms with E-state index in [0.717, 1.165) is 52.1 Å². The molecule has 1 aromatic carbocycles. The van der Waals surface area contributed by atoms with Gasteiger partial charge in [0.25, 0.3) is 10.0 Å². The van der Waals surface area contributed by atoms with Crippen molar-refractivity contribution in [3.05, 3.63) is 69.6 Å². The highest BCUT2D eigenvalue weighted by atomic mass is 79.9. The lowest BCUT2D eigenvalue weighted by Crippen LogP contribution is -2.20. The van der Waals surface area contributed by atoms with Gasteiger partial charge in [-0.1, -0.05) is 34.1 Å². The minimum atomic E-state index is -3.86. The van der Waals surface area contributed by atoms with Crippen LogP contribution in [0.5, 0.6) is 0 Å². The van der Waals surface area contributed by atoms with E-state index in [1.54, 1.807) is 6.07 Å². The van der Waals surface area contributed by atoms with Gasteiger partial charge in [-0.2, -0.15) is 4.39 Å². The van der Waals surface area contributed by atoms with Crippen LogP contribution in [0.2, 0.25) is 0 Å². The molecule has 10 heteroatoms. The minimum Gasteiger partial charge on any atom is -0.373 e. The Kier molecular flexibility index (Phi) is 7.14. The molecule has 3 aromatic rings. The number of aromatic nitrogens is 1. The topological polar surface area (TPSA) is 74.3 Å². The fraction of sp³-hybridized carbons (Fsp3) is 0.318. The van der Waals surface area contributed by atoms with Gasteiger partial charge in [0.1, 0.15) is 10.0 Å². The van der Waals surface area contributed by atoms with Crippen LogP contribution in [-0.4, -0.2) is 31.4 Å². The van der Waals surface area contributed by atoms with E-state index in [-0.39, 0.29) is 10.0 Å². The van der Waals surface area contributed by atoms with Gasteiger partial charge in [0.2, 0.25) is 5.95 Å². The number of nitrogens with zero attached hydrogens (tertiary/aromatic N) is 2. The number of likely N-dealkylation sites (tertiary alicyclic amines) is 1. The number of thiophene rings is 1. The van der Waals surface area contributed by atoms with E-state index in [1.165, 1.54) is 36.1 Å². The molecule has 2 aromatic heterocycles. The van der Waals surface area contributed by atoms with Crippen molar-refractivity contribution in [3.63, 3.8) is 0 Å². The van der Waals surface area contributed by atoms with Crippen LogP contribution in [0, 0.1) is 12.9 Å². The maximum atomic E-state index is 13.3. The molecule has 32 heavy (non-hydrogen) atoms. The number of hydrogen-bond acceptors (Lipinski definition) is 6. The molecule has 0 saturated carbocycles. The van der Waals surface area contributed by atoms with Gasteiger partial charge in [0.15, 0.2) is 0 Å². The van der Waals surface area contributed by atoms with E-state index < -0.39 is 16.0 Å². The number of nitrogens with one attached hydrogen (secondary N) is 2. The van der Waals surface area contributed by atoms with Crippen LogP contribution in [0.1, 0.15) is 29.5 Å². The molecule has 3 heterocycles. The van der Waals surface area contributed by atoms with Crippen LogP contribution in [-0.2, 0) is 23.1 Å². The van der Waals surface area contributed by atoms with Crippen molar-refractivity contribution >= 4 is 48.1 Å². The number of halogens is 2. The van der Waals surface area contributed by atoms with Crippen LogP contribution in [0.4, 0.5) is 15.2 Å². The van der Waals surface area contributed by atoms with E-state index >= 15 is 0 Å². The minimum absolute atomic E-state index is 0.0506. The standard InChI is InChI=1S/C22H24BrFN4O2S2/c1-15-12-21(32(29,30)27-20-9-5-8-19(24)26-20)31-22(15)25-13-17-16(6-4-7-18(17)23)14-28-10-2-3-11-28/h4-9,12,25H,2-3,10-11,13-14H2,1H3,(H,26,27). The van der Waals surface area contributed by atoms with E-state index in [0.29, 0.717) is 6.54 Å². The summed E-state index contributed by atoms with van der Waals surface area (Å²) in [5.74, 6) is -0.793. The van der Waals surface area contributed by atoms with Crippen LogP contribution >= 0.6 is 27.3 Å². The number of benzene rings is 1. The number of pyridine rings is 1. The zero-order valence-corrected chi connectivity index (χ0v) is 20.8. The Labute approximate surface area is 200 Å². The van der Waals surface area contributed by atoms with Gasteiger partial charge in [-0.05, 0) is 73.8 Å². The van der Waals surface area contributed by atoms with Crippen molar-refractivity contribution in [2.24, 2.45) is 0 Å². The molecule has 2 N–H and O–H groups in total. The van der Waals surface area contributed by atoms with Gasteiger partial charge in [-0.25, -0.2) is 13.4 Å². The Balaban J connectivity index is 1.49. The molecule has 0 bridgehead atoms. The Bertz CT molecular complexity index is 1210. The fourth-order valence-corrected chi connectivity index (χ4v) is 6.70. The Morgan fingerprint density at radius 3 is 2.69 bits per heavy atom. The van der Waals surface area contributed by atoms with Crippen molar-refractivity contribution in [2.45, 2.75) is 37.1 Å². The molecule has 4 rings (SSSR count). The predicted octanol–water partition coefficient (Wildman–Crippen LogP) is 5.36. The highest BCUT2D eigenvalue weighted by Crippen LogP contribution is 2.33. The molecule has 1 aliphatic rings. The fourth-order valence-electron chi connectivity index (χ4n) is 3.71. The molecule has 0 aliphatic carbocycles. The molecular weight excluding hydrogens is 515 g/mol. The second kappa shape index (κ2) is 9.86. The lowest BCUT2D eigenvalue weighted by atomic mass is 10.1. The zero-order valence-electron chi connectivity index (χ0n) is 17.6. The molecule has 6 nitrogen and oxygen atoms in total. The first-order chi connectivity index (χ1) is 15.3. The molecule has 1 saturated heterocycles. The van der Waals surface area contributed by atoms with Crippen LogP contribution in [0.3, 0.4) is 0 Å². The highest BCUT2D eigenvalue weighted by molar-refractivity contribution is 9.10. The van der Waals surface area contributed by atoms with Gasteiger partial charge in [-0.15, -0.1) is 11.3 Å². The molecule has 0 unspecified atom stereocenters. The van der Waals surface area contributed by atoms with Crippen molar-refractivity contribution < 1.29 is 12.8 Å². The maximum Gasteiger partial charge on any atom is 0.272 e. The normalized spacial score (nSPS) is 14.6. The second-order valence-corrected chi connectivity index (χ2v) is 11.6. The van der Waals surface area contributed by atoms with Gasteiger partial charge in [0, 0.05) is 17.6 Å². The Morgan fingerprint density at radius 2 is 1.94 bits per heavy atom. The second-order valence-electron chi connectivity index (χ2n) is 7.74. The first-order valence-electron chi connectivity index (χ1n) is 10.3. The molecule has 0 atom stereocenters. The Hall–Kier alpha value is -2.01. The number of aryl methyl sites for hydroxylation is 1. The molecule has 0 spiro atoms. The summed E-state index contributed by atoms with van der Waals surface area (Å²) in [5, 5.41) is 4.18. The summed E-state index contributed by atoms with van der Waals surface area (Å²) < 4.78 is 42.3. The summed E-state index contributed by atoms with van der Waals surface area (Å²) in [4.78, 5) is 6.03. The first kappa shape index (κ1) is 23.2. The molecule has 1 aliphatic heterocycles. The van der Waals surface area contributed by atoms with Gasteiger partial charge < -0.3 is 5.32 Å². The van der Waals surface area contributed by atoms with Crippen molar-refractivity contribution in [1.29, 1.82) is 0 Å². The largest absolute Gasteiger partial charge is 0.373 e. The van der Waals surface area contributed by atoms with Crippen molar-refractivity contribution in [1.82, 2.24) is 9.88 Å².